The van der Waals surface area contributed by atoms with E-state index in [1.807, 2.05) is 30.5 Å². The highest BCUT2D eigenvalue weighted by molar-refractivity contribution is 5.75. The largest absolute Gasteiger partial charge is 0.380 e. The van der Waals surface area contributed by atoms with Gasteiger partial charge in [-0.2, -0.15) is 5.10 Å². The number of carbonyl (C=O) groups is 1. The molecule has 1 aromatic carbocycles. The molecular weight excluding hydrogens is 322 g/mol. The van der Waals surface area contributed by atoms with Crippen molar-refractivity contribution in [2.45, 2.75) is 20.3 Å². The molecular formula is C17H23N5O3. The molecule has 1 aliphatic heterocycles. The molecule has 1 saturated heterocycles. The zero-order chi connectivity index (χ0) is 18.1. The zero-order valence-corrected chi connectivity index (χ0v) is 14.8. The third kappa shape index (κ3) is 3.04. The number of aryl methyl sites for hydroxylation is 2. The predicted molar refractivity (Wildman–Crippen MR) is 96.1 cm³/mol. The summed E-state index contributed by atoms with van der Waals surface area (Å²) in [5.41, 5.74) is 3.24. The number of piperazine rings is 1. The molecule has 0 atom stereocenters. The van der Waals surface area contributed by atoms with E-state index in [4.69, 9.17) is 0 Å². The smallest absolute Gasteiger partial charge is 0.253 e. The van der Waals surface area contributed by atoms with Gasteiger partial charge in [0.2, 0.25) is 6.41 Å². The summed E-state index contributed by atoms with van der Waals surface area (Å²) in [4.78, 5) is 38.3. The van der Waals surface area contributed by atoms with Crippen LogP contribution in [-0.2, 0) is 18.3 Å². The first-order chi connectivity index (χ1) is 11.9. The summed E-state index contributed by atoms with van der Waals surface area (Å²) in [5.74, 6) is 0. The van der Waals surface area contributed by atoms with E-state index in [2.05, 4.69) is 10.4 Å². The summed E-state index contributed by atoms with van der Waals surface area (Å²) in [7, 11) is 1.91. The van der Waals surface area contributed by atoms with Crippen LogP contribution in [0.3, 0.4) is 0 Å². The van der Waals surface area contributed by atoms with Gasteiger partial charge < -0.3 is 15.1 Å². The van der Waals surface area contributed by atoms with Gasteiger partial charge in [-0.05, 0) is 25.8 Å². The van der Waals surface area contributed by atoms with E-state index in [1.165, 1.54) is 0 Å². The molecule has 0 saturated carbocycles. The van der Waals surface area contributed by atoms with E-state index in [0.717, 1.165) is 29.8 Å². The topological polar surface area (TPSA) is 87.5 Å². The fraction of sp³-hybridized carbons (Fsp3) is 0.529. The van der Waals surface area contributed by atoms with Crippen LogP contribution in [0.5, 0.6) is 0 Å². The van der Waals surface area contributed by atoms with Gasteiger partial charge in [0.15, 0.2) is 0 Å². The lowest BCUT2D eigenvalue weighted by Gasteiger charge is -2.35. The van der Waals surface area contributed by atoms with Gasteiger partial charge in [0.1, 0.15) is 11.4 Å². The van der Waals surface area contributed by atoms with Crippen LogP contribution in [0.15, 0.2) is 9.59 Å². The van der Waals surface area contributed by atoms with E-state index in [0.29, 0.717) is 44.1 Å². The van der Waals surface area contributed by atoms with Gasteiger partial charge in [-0.15, -0.1) is 0 Å². The average molecular weight is 345 g/mol. The number of hydrogen-bond acceptors (Lipinski definition) is 6. The Morgan fingerprint density at radius 2 is 1.80 bits per heavy atom. The quantitative estimate of drug-likeness (QED) is 0.564. The number of hydrogen-bond donors (Lipinski definition) is 1. The maximum Gasteiger partial charge on any atom is 0.253 e. The van der Waals surface area contributed by atoms with Crippen LogP contribution in [0.2, 0.25) is 0 Å². The van der Waals surface area contributed by atoms with E-state index >= 15 is 0 Å². The minimum Gasteiger partial charge on any atom is -0.380 e. The molecule has 1 aromatic heterocycles. The molecule has 2 heterocycles. The van der Waals surface area contributed by atoms with Crippen LogP contribution in [-0.4, -0.2) is 53.8 Å². The Morgan fingerprint density at radius 3 is 2.36 bits per heavy atom. The molecule has 1 aliphatic rings. The second-order valence-corrected chi connectivity index (χ2v) is 6.46. The van der Waals surface area contributed by atoms with Crippen molar-refractivity contribution in [3.63, 3.8) is 0 Å². The number of carbonyl (C=O) groups excluding carboxylic acids is 1. The van der Waals surface area contributed by atoms with E-state index in [9.17, 15) is 14.4 Å². The summed E-state index contributed by atoms with van der Waals surface area (Å²) in [6.45, 7) is 6.82. The van der Waals surface area contributed by atoms with Gasteiger partial charge in [-0.3, -0.25) is 19.1 Å². The first-order valence-corrected chi connectivity index (χ1v) is 8.44. The van der Waals surface area contributed by atoms with Crippen molar-refractivity contribution in [2.24, 2.45) is 7.05 Å². The number of aromatic nitrogens is 2. The van der Waals surface area contributed by atoms with Crippen molar-refractivity contribution in [2.75, 3.05) is 42.9 Å². The van der Waals surface area contributed by atoms with Crippen molar-refractivity contribution in [3.05, 3.63) is 37.4 Å². The molecule has 0 aliphatic carbocycles. The molecule has 0 radical (unpaired) electrons. The Hall–Kier alpha value is -2.64. The number of nitrogens with zero attached hydrogens (tertiary/aromatic N) is 4. The minimum absolute atomic E-state index is 0.406. The standard InChI is InChI=1S/C17H23N5O3/c1-11-13(12(2)20(3)19-11)4-5-18-14-15(17(25)16(14)24)22-8-6-21(10-23)7-9-22/h10,18H,4-9H2,1-3H3. The van der Waals surface area contributed by atoms with Crippen molar-refractivity contribution >= 4 is 17.8 Å². The normalized spacial score (nSPS) is 15.0. The van der Waals surface area contributed by atoms with Gasteiger partial charge in [0.05, 0.1) is 5.69 Å². The lowest BCUT2D eigenvalue weighted by atomic mass is 10.1. The van der Waals surface area contributed by atoms with Crippen molar-refractivity contribution in [3.8, 4) is 0 Å². The highest BCUT2D eigenvalue weighted by atomic mass is 16.2. The highest BCUT2D eigenvalue weighted by Gasteiger charge is 2.28. The van der Waals surface area contributed by atoms with Crippen LogP contribution in [0.4, 0.5) is 11.4 Å². The first-order valence-electron chi connectivity index (χ1n) is 8.44. The van der Waals surface area contributed by atoms with Gasteiger partial charge in [-0.25, -0.2) is 0 Å². The molecule has 3 rings (SSSR count). The van der Waals surface area contributed by atoms with Gasteiger partial charge in [0.25, 0.3) is 10.9 Å². The average Bonchev–Trinajstić information content (AvgIpc) is 2.86. The number of anilines is 2. The maximum atomic E-state index is 12.0. The predicted octanol–water partition coefficient (Wildman–Crippen LogP) is -0.434. The SMILES string of the molecule is Cc1nn(C)c(C)c1CCNc1c(N2CCN(C=O)CC2)c(=O)c1=O. The molecule has 2 aromatic rings. The van der Waals surface area contributed by atoms with Gasteiger partial charge >= 0.3 is 0 Å². The van der Waals surface area contributed by atoms with Crippen LogP contribution in [0, 0.1) is 13.8 Å². The molecule has 8 heteroatoms. The third-order valence-corrected chi connectivity index (χ3v) is 5.00. The Bertz CT molecular complexity index is 855. The van der Waals surface area contributed by atoms with Crippen LogP contribution >= 0.6 is 0 Å². The lowest BCUT2D eigenvalue weighted by Crippen LogP contribution is -2.51. The fourth-order valence-electron chi connectivity index (χ4n) is 3.39. The van der Waals surface area contributed by atoms with Crippen LogP contribution < -0.4 is 21.1 Å². The van der Waals surface area contributed by atoms with Crippen molar-refractivity contribution in [1.82, 2.24) is 14.7 Å². The molecule has 1 amide bonds. The van der Waals surface area contributed by atoms with Gasteiger partial charge in [-0.1, -0.05) is 0 Å². The molecule has 25 heavy (non-hydrogen) atoms. The lowest BCUT2D eigenvalue weighted by molar-refractivity contribution is -0.118. The summed E-state index contributed by atoms with van der Waals surface area (Å²) < 4.78 is 1.85. The molecule has 0 spiro atoms. The maximum absolute atomic E-state index is 12.0. The molecule has 0 unspecified atom stereocenters. The Kier molecular flexibility index (Phi) is 4.61. The second kappa shape index (κ2) is 6.70. The summed E-state index contributed by atoms with van der Waals surface area (Å²) in [6, 6.07) is 0. The van der Waals surface area contributed by atoms with Crippen molar-refractivity contribution < 1.29 is 4.79 Å². The van der Waals surface area contributed by atoms with Gasteiger partial charge in [0, 0.05) is 45.5 Å². The Morgan fingerprint density at radius 1 is 1.12 bits per heavy atom. The first kappa shape index (κ1) is 17.2. The Labute approximate surface area is 145 Å². The molecule has 8 nitrogen and oxygen atoms in total. The van der Waals surface area contributed by atoms with E-state index < -0.39 is 10.9 Å². The second-order valence-electron chi connectivity index (χ2n) is 6.46. The van der Waals surface area contributed by atoms with Crippen LogP contribution in [0.1, 0.15) is 17.0 Å². The molecule has 1 fully saturated rings. The van der Waals surface area contributed by atoms with E-state index in [-0.39, 0.29) is 0 Å². The summed E-state index contributed by atoms with van der Waals surface area (Å²) in [5, 5.41) is 7.52. The van der Waals surface area contributed by atoms with Crippen LogP contribution in [0.25, 0.3) is 0 Å². The highest BCUT2D eigenvalue weighted by Crippen LogP contribution is 2.22. The number of amides is 1. The van der Waals surface area contributed by atoms with Crippen molar-refractivity contribution in [1.29, 1.82) is 0 Å². The monoisotopic (exact) mass is 345 g/mol. The summed E-state index contributed by atoms with van der Waals surface area (Å²) >= 11 is 0. The Balaban J connectivity index is 1.66. The fourth-order valence-corrected chi connectivity index (χ4v) is 3.39. The van der Waals surface area contributed by atoms with E-state index in [1.54, 1.807) is 4.90 Å². The molecule has 1 N–H and O–H groups in total. The minimum atomic E-state index is -0.451. The summed E-state index contributed by atoms with van der Waals surface area (Å²) in [6.07, 6.45) is 1.56. The molecule has 134 valence electrons. The number of nitrogens with one attached hydrogen (secondary N) is 1. The third-order valence-electron chi connectivity index (χ3n) is 5.00. The zero-order valence-electron chi connectivity index (χ0n) is 14.8. The number of rotatable bonds is 6. The molecule has 0 bridgehead atoms.